The third kappa shape index (κ3) is 3.93. The van der Waals surface area contributed by atoms with Crippen molar-refractivity contribution < 1.29 is 9.90 Å². The van der Waals surface area contributed by atoms with Crippen LogP contribution in [0.2, 0.25) is 0 Å². The molecular formula is C15H23N3O2. The van der Waals surface area contributed by atoms with Crippen LogP contribution in [0.1, 0.15) is 38.5 Å². The van der Waals surface area contributed by atoms with E-state index in [1.54, 1.807) is 13.8 Å². The summed E-state index contributed by atoms with van der Waals surface area (Å²) < 4.78 is 0. The van der Waals surface area contributed by atoms with E-state index in [4.69, 9.17) is 0 Å². The number of piperidine rings is 1. The Hall–Kier alpha value is -1.62. The van der Waals surface area contributed by atoms with Crippen LogP contribution in [0.4, 0.5) is 5.69 Å². The third-order valence-electron chi connectivity index (χ3n) is 3.82. The summed E-state index contributed by atoms with van der Waals surface area (Å²) in [5.74, 6) is 0.616. The molecule has 0 spiro atoms. The Kier molecular flexibility index (Phi) is 4.95. The van der Waals surface area contributed by atoms with Crippen LogP contribution in [-0.2, 0) is 4.79 Å². The van der Waals surface area contributed by atoms with Crippen LogP contribution in [0.15, 0.2) is 18.3 Å². The van der Waals surface area contributed by atoms with Gasteiger partial charge in [-0.05, 0) is 37.8 Å². The van der Waals surface area contributed by atoms with Crippen molar-refractivity contribution in [3.63, 3.8) is 0 Å². The second-order valence-electron chi connectivity index (χ2n) is 5.48. The zero-order valence-corrected chi connectivity index (χ0v) is 12.2. The van der Waals surface area contributed by atoms with Gasteiger partial charge < -0.3 is 15.3 Å². The Morgan fingerprint density at radius 3 is 2.70 bits per heavy atom. The van der Waals surface area contributed by atoms with Crippen molar-refractivity contribution in [2.24, 2.45) is 5.92 Å². The van der Waals surface area contributed by atoms with Crippen molar-refractivity contribution in [3.8, 4) is 0 Å². The van der Waals surface area contributed by atoms with Gasteiger partial charge in [0.25, 0.3) is 0 Å². The highest BCUT2D eigenvalue weighted by atomic mass is 16.3. The number of pyridine rings is 1. The van der Waals surface area contributed by atoms with Crippen LogP contribution in [0, 0.1) is 5.92 Å². The summed E-state index contributed by atoms with van der Waals surface area (Å²) in [5.41, 5.74) is 1.81. The molecule has 2 heterocycles. The summed E-state index contributed by atoms with van der Waals surface area (Å²) in [6.07, 6.45) is 3.47. The standard InChI is InChI=1S/C15H23N3O2/c1-11(19)15-4-3-14(10-17-15)18-7-5-13(6-8-18)9-16-12(2)20/h3-4,10-11,13,19H,5-9H2,1-2H3,(H,16,20)/t11-/m0/s1. The molecule has 2 rings (SSSR count). The summed E-state index contributed by atoms with van der Waals surface area (Å²) in [6.45, 7) is 6.03. The van der Waals surface area contributed by atoms with Gasteiger partial charge in [-0.15, -0.1) is 0 Å². The molecule has 1 aliphatic rings. The molecule has 0 bridgehead atoms. The average Bonchev–Trinajstić information content (AvgIpc) is 2.46. The highest BCUT2D eigenvalue weighted by Crippen LogP contribution is 2.23. The maximum absolute atomic E-state index is 10.9. The Morgan fingerprint density at radius 1 is 1.50 bits per heavy atom. The topological polar surface area (TPSA) is 65.5 Å². The van der Waals surface area contributed by atoms with Gasteiger partial charge in [-0.1, -0.05) is 0 Å². The number of hydrogen-bond acceptors (Lipinski definition) is 4. The molecule has 1 amide bonds. The lowest BCUT2D eigenvalue weighted by Crippen LogP contribution is -2.38. The molecule has 20 heavy (non-hydrogen) atoms. The predicted octanol–water partition coefficient (Wildman–Crippen LogP) is 1.49. The fraction of sp³-hybridized carbons (Fsp3) is 0.600. The van der Waals surface area contributed by atoms with E-state index in [0.717, 1.165) is 38.2 Å². The molecule has 0 aliphatic carbocycles. The normalized spacial score (nSPS) is 17.9. The molecule has 1 aromatic rings. The zero-order chi connectivity index (χ0) is 14.5. The van der Waals surface area contributed by atoms with Crippen LogP contribution in [0.25, 0.3) is 0 Å². The van der Waals surface area contributed by atoms with E-state index in [2.05, 4.69) is 15.2 Å². The first-order valence-electron chi connectivity index (χ1n) is 7.19. The van der Waals surface area contributed by atoms with Crippen molar-refractivity contribution in [2.75, 3.05) is 24.5 Å². The third-order valence-corrected chi connectivity index (χ3v) is 3.82. The molecule has 2 N–H and O–H groups in total. The fourth-order valence-corrected chi connectivity index (χ4v) is 2.52. The maximum atomic E-state index is 10.9. The van der Waals surface area contributed by atoms with E-state index in [9.17, 15) is 9.90 Å². The molecule has 0 saturated carbocycles. The SMILES string of the molecule is CC(=O)NCC1CCN(c2ccc([C@H](C)O)nc2)CC1. The van der Waals surface area contributed by atoms with Gasteiger partial charge in [0.2, 0.25) is 5.91 Å². The molecule has 5 nitrogen and oxygen atoms in total. The minimum Gasteiger partial charge on any atom is -0.387 e. The molecular weight excluding hydrogens is 254 g/mol. The number of aliphatic hydroxyl groups is 1. The summed E-state index contributed by atoms with van der Waals surface area (Å²) in [6, 6.07) is 3.90. The minimum atomic E-state index is -0.521. The van der Waals surface area contributed by atoms with E-state index in [0.29, 0.717) is 11.6 Å². The maximum Gasteiger partial charge on any atom is 0.216 e. The fourth-order valence-electron chi connectivity index (χ4n) is 2.52. The number of carbonyl (C=O) groups excluding carboxylic acids is 1. The second-order valence-corrected chi connectivity index (χ2v) is 5.48. The number of nitrogens with zero attached hydrogens (tertiary/aromatic N) is 2. The number of amides is 1. The van der Waals surface area contributed by atoms with Gasteiger partial charge in [-0.2, -0.15) is 0 Å². The van der Waals surface area contributed by atoms with Gasteiger partial charge in [0.15, 0.2) is 0 Å². The van der Waals surface area contributed by atoms with Gasteiger partial charge >= 0.3 is 0 Å². The Labute approximate surface area is 120 Å². The Morgan fingerprint density at radius 2 is 2.20 bits per heavy atom. The lowest BCUT2D eigenvalue weighted by atomic mass is 9.96. The van der Waals surface area contributed by atoms with Gasteiger partial charge in [-0.25, -0.2) is 0 Å². The molecule has 0 radical (unpaired) electrons. The minimum absolute atomic E-state index is 0.0466. The molecule has 1 fully saturated rings. The van der Waals surface area contributed by atoms with Crippen molar-refractivity contribution in [2.45, 2.75) is 32.8 Å². The summed E-state index contributed by atoms with van der Waals surface area (Å²) in [4.78, 5) is 17.5. The van der Waals surface area contributed by atoms with E-state index in [1.807, 2.05) is 18.3 Å². The first-order chi connectivity index (χ1) is 9.56. The summed E-state index contributed by atoms with van der Waals surface area (Å²) in [7, 11) is 0. The van der Waals surface area contributed by atoms with Crippen LogP contribution >= 0.6 is 0 Å². The highest BCUT2D eigenvalue weighted by molar-refractivity contribution is 5.72. The highest BCUT2D eigenvalue weighted by Gasteiger charge is 2.19. The lowest BCUT2D eigenvalue weighted by Gasteiger charge is -2.33. The second kappa shape index (κ2) is 6.70. The number of rotatable bonds is 4. The van der Waals surface area contributed by atoms with Crippen LogP contribution in [0.5, 0.6) is 0 Å². The van der Waals surface area contributed by atoms with Crippen molar-refractivity contribution in [3.05, 3.63) is 24.0 Å². The van der Waals surface area contributed by atoms with Crippen molar-refractivity contribution in [1.29, 1.82) is 0 Å². The number of anilines is 1. The van der Waals surface area contributed by atoms with Gasteiger partial charge in [0.05, 0.1) is 23.7 Å². The number of carbonyl (C=O) groups is 1. The first-order valence-corrected chi connectivity index (χ1v) is 7.19. The van der Waals surface area contributed by atoms with Gasteiger partial charge in [0.1, 0.15) is 0 Å². The number of nitrogens with one attached hydrogen (secondary N) is 1. The monoisotopic (exact) mass is 277 g/mol. The Balaban J connectivity index is 1.85. The quantitative estimate of drug-likeness (QED) is 0.875. The van der Waals surface area contributed by atoms with E-state index < -0.39 is 6.10 Å². The summed E-state index contributed by atoms with van der Waals surface area (Å²) >= 11 is 0. The van der Waals surface area contributed by atoms with E-state index >= 15 is 0 Å². The number of aromatic nitrogens is 1. The molecule has 1 aliphatic heterocycles. The lowest BCUT2D eigenvalue weighted by molar-refractivity contribution is -0.119. The van der Waals surface area contributed by atoms with E-state index in [-0.39, 0.29) is 5.91 Å². The van der Waals surface area contributed by atoms with Crippen LogP contribution < -0.4 is 10.2 Å². The molecule has 1 atom stereocenters. The molecule has 1 saturated heterocycles. The molecule has 1 aromatic heterocycles. The van der Waals surface area contributed by atoms with Gasteiger partial charge in [-0.3, -0.25) is 9.78 Å². The van der Waals surface area contributed by atoms with Crippen molar-refractivity contribution >= 4 is 11.6 Å². The van der Waals surface area contributed by atoms with Crippen LogP contribution in [-0.4, -0.2) is 35.6 Å². The zero-order valence-electron chi connectivity index (χ0n) is 12.2. The van der Waals surface area contributed by atoms with Gasteiger partial charge in [0, 0.05) is 26.6 Å². The smallest absolute Gasteiger partial charge is 0.216 e. The number of hydrogen-bond donors (Lipinski definition) is 2. The largest absolute Gasteiger partial charge is 0.387 e. The molecule has 5 heteroatoms. The predicted molar refractivity (Wildman–Crippen MR) is 78.5 cm³/mol. The molecule has 0 unspecified atom stereocenters. The van der Waals surface area contributed by atoms with Crippen LogP contribution in [0.3, 0.4) is 0 Å². The van der Waals surface area contributed by atoms with Crippen molar-refractivity contribution in [1.82, 2.24) is 10.3 Å². The number of aliphatic hydroxyl groups excluding tert-OH is 1. The first kappa shape index (κ1) is 14.8. The Bertz CT molecular complexity index is 437. The summed E-state index contributed by atoms with van der Waals surface area (Å²) in [5, 5.41) is 12.3. The average molecular weight is 277 g/mol. The van der Waals surface area contributed by atoms with E-state index in [1.165, 1.54) is 0 Å². The molecule has 110 valence electrons. The molecule has 0 aromatic carbocycles.